The number of carbonyl (C=O) groups excluding carboxylic acids is 2. The number of aliphatic hydroxyl groups is 1. The first kappa shape index (κ1) is 20.7. The summed E-state index contributed by atoms with van der Waals surface area (Å²) in [5.41, 5.74) is 1.11. The molecule has 1 aliphatic heterocycles. The Kier molecular flexibility index (Phi) is 5.64. The number of amides is 1. The van der Waals surface area contributed by atoms with E-state index in [2.05, 4.69) is 10.2 Å². The Balaban J connectivity index is 1.47. The summed E-state index contributed by atoms with van der Waals surface area (Å²) in [6.07, 6.45) is 1.46. The Hall–Kier alpha value is -3.21. The lowest BCUT2D eigenvalue weighted by Gasteiger charge is -2.21. The smallest absolute Gasteiger partial charge is 0.296 e. The largest absolute Gasteiger partial charge is 0.503 e. The number of Topliss-reactive ketones (excluding diaryl/α,β-unsaturated/α-hetero) is 1. The second-order valence-corrected chi connectivity index (χ2v) is 9.91. The Morgan fingerprint density at radius 1 is 1.12 bits per heavy atom. The topological polar surface area (TPSA) is 96.5 Å². The van der Waals surface area contributed by atoms with Crippen LogP contribution >= 0.6 is 34.4 Å². The number of aromatic nitrogens is 2. The van der Waals surface area contributed by atoms with Crippen molar-refractivity contribution in [2.24, 2.45) is 0 Å². The average Bonchev–Trinajstić information content (AvgIpc) is 3.61. The molecule has 0 saturated heterocycles. The minimum absolute atomic E-state index is 0.0268. The molecule has 3 aromatic heterocycles. The number of thiophene rings is 1. The van der Waals surface area contributed by atoms with E-state index < -0.39 is 23.5 Å². The van der Waals surface area contributed by atoms with Gasteiger partial charge < -0.3 is 9.52 Å². The number of benzene rings is 1. The lowest BCUT2D eigenvalue weighted by atomic mass is 10.0. The number of ketones is 1. The fourth-order valence-electron chi connectivity index (χ4n) is 3.37. The summed E-state index contributed by atoms with van der Waals surface area (Å²) < 4.78 is 6.21. The van der Waals surface area contributed by atoms with Gasteiger partial charge in [0.15, 0.2) is 10.1 Å². The van der Waals surface area contributed by atoms with Crippen LogP contribution in [0.4, 0.5) is 5.13 Å². The van der Waals surface area contributed by atoms with Gasteiger partial charge in [-0.1, -0.05) is 59.5 Å². The van der Waals surface area contributed by atoms with Crippen LogP contribution in [0.25, 0.3) is 0 Å². The highest BCUT2D eigenvalue weighted by molar-refractivity contribution is 8.00. The van der Waals surface area contributed by atoms with E-state index in [0.29, 0.717) is 20.7 Å². The lowest BCUT2D eigenvalue weighted by Crippen LogP contribution is -2.30. The van der Waals surface area contributed by atoms with Gasteiger partial charge in [0.1, 0.15) is 11.8 Å². The first-order valence-corrected chi connectivity index (χ1v) is 12.2. The molecule has 5 rings (SSSR count). The van der Waals surface area contributed by atoms with Crippen LogP contribution in [0.5, 0.6) is 0 Å². The van der Waals surface area contributed by atoms with E-state index in [1.807, 2.05) is 30.3 Å². The maximum absolute atomic E-state index is 13.1. The van der Waals surface area contributed by atoms with Crippen molar-refractivity contribution in [2.45, 2.75) is 16.1 Å². The third kappa shape index (κ3) is 3.77. The molecule has 0 saturated carbocycles. The van der Waals surface area contributed by atoms with Crippen molar-refractivity contribution in [1.29, 1.82) is 0 Å². The number of anilines is 1. The Morgan fingerprint density at radius 3 is 2.69 bits per heavy atom. The van der Waals surface area contributed by atoms with Gasteiger partial charge in [0.2, 0.25) is 10.9 Å². The fraction of sp³-hybridized carbons (Fsp3) is 0.0909. The molecular weight excluding hydrogens is 466 g/mol. The molecule has 160 valence electrons. The number of hydrogen-bond acceptors (Lipinski definition) is 9. The van der Waals surface area contributed by atoms with Gasteiger partial charge in [-0.15, -0.1) is 21.5 Å². The monoisotopic (exact) mass is 481 g/mol. The molecule has 4 aromatic rings. The van der Waals surface area contributed by atoms with Gasteiger partial charge >= 0.3 is 0 Å². The van der Waals surface area contributed by atoms with Crippen LogP contribution in [0.2, 0.25) is 0 Å². The Bertz CT molecular complexity index is 1280. The molecule has 1 unspecified atom stereocenters. The molecular formula is C22H15N3O4S3. The van der Waals surface area contributed by atoms with Crippen molar-refractivity contribution >= 4 is 51.3 Å². The number of thioether (sulfide) groups is 1. The summed E-state index contributed by atoms with van der Waals surface area (Å²) in [6.45, 7) is 0. The molecule has 4 heterocycles. The standard InChI is InChI=1S/C22H15N3O4S3/c26-18(15-9-5-11-30-15)16-17(14-8-4-10-29-14)25(20(28)19(16)27)21-23-24-22(32-21)31-12-13-6-2-1-3-7-13/h1-11,17,27H,12H2. The number of nitrogens with zero attached hydrogens (tertiary/aromatic N) is 3. The highest BCUT2D eigenvalue weighted by atomic mass is 32.2. The highest BCUT2D eigenvalue weighted by Gasteiger charge is 2.47. The van der Waals surface area contributed by atoms with Crippen molar-refractivity contribution in [2.75, 3.05) is 4.90 Å². The van der Waals surface area contributed by atoms with E-state index in [1.54, 1.807) is 29.6 Å². The van der Waals surface area contributed by atoms with Crippen molar-refractivity contribution in [3.05, 3.63) is 93.8 Å². The van der Waals surface area contributed by atoms with Crippen molar-refractivity contribution < 1.29 is 19.1 Å². The highest BCUT2D eigenvalue weighted by Crippen LogP contribution is 2.44. The van der Waals surface area contributed by atoms with Gasteiger partial charge in [-0.05, 0) is 29.1 Å². The Labute approximate surface area is 195 Å². The zero-order valence-corrected chi connectivity index (χ0v) is 18.8. The minimum Gasteiger partial charge on any atom is -0.503 e. The van der Waals surface area contributed by atoms with Crippen LogP contribution in [-0.2, 0) is 10.5 Å². The lowest BCUT2D eigenvalue weighted by molar-refractivity contribution is -0.117. The van der Waals surface area contributed by atoms with Crippen molar-refractivity contribution in [3.8, 4) is 0 Å². The molecule has 0 aliphatic carbocycles. The summed E-state index contributed by atoms with van der Waals surface area (Å²) in [4.78, 5) is 27.9. The number of furan rings is 1. The van der Waals surface area contributed by atoms with Gasteiger partial charge in [-0.2, -0.15) is 0 Å². The number of carbonyl (C=O) groups is 2. The Morgan fingerprint density at radius 2 is 1.97 bits per heavy atom. The molecule has 1 atom stereocenters. The summed E-state index contributed by atoms with van der Waals surface area (Å²) >= 11 is 3.97. The van der Waals surface area contributed by atoms with Crippen LogP contribution in [0.3, 0.4) is 0 Å². The second-order valence-electron chi connectivity index (χ2n) is 6.79. The van der Waals surface area contributed by atoms with E-state index in [1.165, 1.54) is 45.6 Å². The first-order valence-electron chi connectivity index (χ1n) is 9.52. The molecule has 10 heteroatoms. The quantitative estimate of drug-likeness (QED) is 0.218. The van der Waals surface area contributed by atoms with Crippen LogP contribution in [0, 0.1) is 0 Å². The van der Waals surface area contributed by atoms with Crippen LogP contribution in [-0.4, -0.2) is 27.0 Å². The molecule has 0 spiro atoms. The molecule has 7 nitrogen and oxygen atoms in total. The normalized spacial score (nSPS) is 16.2. The summed E-state index contributed by atoms with van der Waals surface area (Å²) in [5, 5.41) is 21.1. The molecule has 1 N–H and O–H groups in total. The van der Waals surface area contributed by atoms with Crippen LogP contribution in [0.1, 0.15) is 27.0 Å². The number of hydrogen-bond donors (Lipinski definition) is 1. The zero-order chi connectivity index (χ0) is 22.1. The minimum atomic E-state index is -0.924. The molecule has 0 radical (unpaired) electrons. The van der Waals surface area contributed by atoms with Gasteiger partial charge in [0, 0.05) is 5.75 Å². The van der Waals surface area contributed by atoms with Gasteiger partial charge in [-0.25, -0.2) is 0 Å². The molecule has 32 heavy (non-hydrogen) atoms. The third-order valence-electron chi connectivity index (χ3n) is 4.82. The molecule has 1 aromatic carbocycles. The summed E-state index contributed by atoms with van der Waals surface area (Å²) in [7, 11) is 0. The van der Waals surface area contributed by atoms with E-state index >= 15 is 0 Å². The predicted octanol–water partition coefficient (Wildman–Crippen LogP) is 5.27. The molecule has 1 aliphatic rings. The second kappa shape index (κ2) is 8.73. The summed E-state index contributed by atoms with van der Waals surface area (Å²) in [5.74, 6) is -0.661. The van der Waals surface area contributed by atoms with Crippen LogP contribution in [0.15, 0.2) is 86.3 Å². The number of aliphatic hydroxyl groups excluding tert-OH is 1. The van der Waals surface area contributed by atoms with E-state index in [0.717, 1.165) is 5.56 Å². The number of rotatable bonds is 7. The maximum atomic E-state index is 13.1. The summed E-state index contributed by atoms with van der Waals surface area (Å²) in [6, 6.07) is 15.8. The van der Waals surface area contributed by atoms with Crippen molar-refractivity contribution in [1.82, 2.24) is 10.2 Å². The first-order chi connectivity index (χ1) is 15.6. The maximum Gasteiger partial charge on any atom is 0.296 e. The van der Waals surface area contributed by atoms with E-state index in [4.69, 9.17) is 4.42 Å². The zero-order valence-electron chi connectivity index (χ0n) is 16.4. The fourth-order valence-corrected chi connectivity index (χ4v) is 5.87. The SMILES string of the molecule is O=C(C1=C(O)C(=O)N(c2nnc(SCc3ccccc3)s2)C1c1ccco1)c1cccs1. The average molecular weight is 482 g/mol. The van der Waals surface area contributed by atoms with Gasteiger partial charge in [-0.3, -0.25) is 14.5 Å². The van der Waals surface area contributed by atoms with Crippen molar-refractivity contribution in [3.63, 3.8) is 0 Å². The predicted molar refractivity (Wildman–Crippen MR) is 123 cm³/mol. The van der Waals surface area contributed by atoms with Crippen LogP contribution < -0.4 is 4.90 Å². The molecule has 0 fully saturated rings. The van der Waals surface area contributed by atoms with E-state index in [9.17, 15) is 14.7 Å². The van der Waals surface area contributed by atoms with Gasteiger partial charge in [0.25, 0.3) is 5.91 Å². The third-order valence-corrected chi connectivity index (χ3v) is 7.81. The van der Waals surface area contributed by atoms with E-state index in [-0.39, 0.29) is 10.7 Å². The van der Waals surface area contributed by atoms with Gasteiger partial charge in [0.05, 0.1) is 16.7 Å². The molecule has 0 bridgehead atoms. The molecule has 1 amide bonds.